The Bertz CT molecular complexity index is 1690. The Balaban J connectivity index is 1.37. The zero-order valence-corrected chi connectivity index (χ0v) is 21.2. The van der Waals surface area contributed by atoms with Gasteiger partial charge in [-0.1, -0.05) is 6.07 Å². The molecule has 9 nitrogen and oxygen atoms in total. The molecule has 3 aromatic carbocycles. The van der Waals surface area contributed by atoms with E-state index in [9.17, 15) is 9.18 Å². The van der Waals surface area contributed by atoms with Crippen molar-refractivity contribution in [1.29, 1.82) is 0 Å². The molecule has 0 aliphatic heterocycles. The molecule has 11 heteroatoms. The van der Waals surface area contributed by atoms with Crippen molar-refractivity contribution in [3.05, 3.63) is 90.3 Å². The number of aromatic nitrogens is 3. The van der Waals surface area contributed by atoms with Gasteiger partial charge in [-0.3, -0.25) is 14.5 Å². The lowest BCUT2D eigenvalue weighted by atomic mass is 10.1. The zero-order valence-electron chi connectivity index (χ0n) is 21.2. The Morgan fingerprint density at radius 1 is 0.897 bits per heavy atom. The number of methoxy groups -OCH3 is 2. The maximum atomic E-state index is 15.1. The van der Waals surface area contributed by atoms with Gasteiger partial charge < -0.3 is 24.8 Å². The van der Waals surface area contributed by atoms with Gasteiger partial charge in [-0.05, 0) is 42.5 Å². The van der Waals surface area contributed by atoms with Crippen LogP contribution in [0.5, 0.6) is 23.0 Å². The fourth-order valence-corrected chi connectivity index (χ4v) is 3.96. The van der Waals surface area contributed by atoms with E-state index in [1.165, 1.54) is 55.4 Å². The number of nitrogens with zero attached hydrogens (tertiary/aromatic N) is 3. The fraction of sp³-hybridized carbons (Fsp3) is 0.107. The molecular formula is C28H23F2N5O4. The zero-order chi connectivity index (χ0) is 27.5. The van der Waals surface area contributed by atoms with Crippen LogP contribution < -0.4 is 24.8 Å². The number of ether oxygens (including phenoxy) is 3. The first-order valence-electron chi connectivity index (χ1n) is 11.7. The summed E-state index contributed by atoms with van der Waals surface area (Å²) in [6, 6.07) is 14.9. The predicted molar refractivity (Wildman–Crippen MR) is 142 cm³/mol. The van der Waals surface area contributed by atoms with Crippen molar-refractivity contribution in [2.24, 2.45) is 7.05 Å². The third-order valence-corrected chi connectivity index (χ3v) is 5.78. The summed E-state index contributed by atoms with van der Waals surface area (Å²) in [5, 5.41) is 10.5. The van der Waals surface area contributed by atoms with Crippen LogP contribution in [0.15, 0.2) is 73.1 Å². The van der Waals surface area contributed by atoms with Crippen LogP contribution in [0, 0.1) is 11.6 Å². The summed E-state index contributed by atoms with van der Waals surface area (Å²) in [6.45, 7) is 0. The molecule has 0 fully saturated rings. The van der Waals surface area contributed by atoms with Crippen LogP contribution in [0.3, 0.4) is 0 Å². The van der Waals surface area contributed by atoms with E-state index in [2.05, 4.69) is 20.7 Å². The minimum Gasteiger partial charge on any atom is -0.493 e. The monoisotopic (exact) mass is 531 g/mol. The highest BCUT2D eigenvalue weighted by molar-refractivity contribution is 6.07. The van der Waals surface area contributed by atoms with Crippen molar-refractivity contribution < 1.29 is 27.8 Å². The number of amides is 1. The average molecular weight is 532 g/mol. The van der Waals surface area contributed by atoms with Gasteiger partial charge >= 0.3 is 0 Å². The molecule has 0 radical (unpaired) electrons. The van der Waals surface area contributed by atoms with Crippen molar-refractivity contribution in [3.8, 4) is 23.0 Å². The van der Waals surface area contributed by atoms with Crippen molar-refractivity contribution in [2.75, 3.05) is 24.9 Å². The predicted octanol–water partition coefficient (Wildman–Crippen LogP) is 6.05. The lowest BCUT2D eigenvalue weighted by molar-refractivity contribution is 0.102. The van der Waals surface area contributed by atoms with E-state index >= 15 is 4.39 Å². The van der Waals surface area contributed by atoms with Crippen LogP contribution in [0.4, 0.5) is 26.0 Å². The Labute approximate surface area is 222 Å². The largest absolute Gasteiger partial charge is 0.493 e. The molecule has 0 aliphatic carbocycles. The van der Waals surface area contributed by atoms with Crippen LogP contribution in [-0.2, 0) is 7.05 Å². The van der Waals surface area contributed by atoms with E-state index in [0.717, 1.165) is 0 Å². The molecule has 1 amide bonds. The Kier molecular flexibility index (Phi) is 6.96. The van der Waals surface area contributed by atoms with Crippen LogP contribution in [-0.4, -0.2) is 34.9 Å². The molecule has 0 saturated carbocycles. The second kappa shape index (κ2) is 10.7. The van der Waals surface area contributed by atoms with Crippen molar-refractivity contribution >= 4 is 34.0 Å². The van der Waals surface area contributed by atoms with E-state index in [1.807, 2.05) is 0 Å². The van der Waals surface area contributed by atoms with Gasteiger partial charge in [0.1, 0.15) is 17.1 Å². The van der Waals surface area contributed by atoms with Crippen LogP contribution in [0.2, 0.25) is 0 Å². The van der Waals surface area contributed by atoms with Gasteiger partial charge in [0, 0.05) is 48.3 Å². The molecule has 0 spiro atoms. The van der Waals surface area contributed by atoms with Gasteiger partial charge in [0.05, 0.1) is 19.7 Å². The third kappa shape index (κ3) is 5.42. The number of nitrogens with one attached hydrogen (secondary N) is 2. The first kappa shape index (κ1) is 25.5. The van der Waals surface area contributed by atoms with Gasteiger partial charge in [-0.15, -0.1) is 0 Å². The molecule has 0 atom stereocenters. The smallest absolute Gasteiger partial charge is 0.261 e. The molecular weight excluding hydrogens is 508 g/mol. The minimum atomic E-state index is -0.646. The second-order valence-electron chi connectivity index (χ2n) is 8.44. The number of hydrogen-bond acceptors (Lipinski definition) is 7. The lowest BCUT2D eigenvalue weighted by Gasteiger charge is -2.13. The van der Waals surface area contributed by atoms with Gasteiger partial charge in [0.2, 0.25) is 0 Å². The second-order valence-corrected chi connectivity index (χ2v) is 8.44. The summed E-state index contributed by atoms with van der Waals surface area (Å²) in [4.78, 5) is 17.2. The van der Waals surface area contributed by atoms with E-state index in [-0.39, 0.29) is 17.1 Å². The molecule has 2 aromatic heterocycles. The van der Waals surface area contributed by atoms with Crippen LogP contribution in [0.25, 0.3) is 10.9 Å². The first-order chi connectivity index (χ1) is 18.8. The van der Waals surface area contributed by atoms with E-state index in [4.69, 9.17) is 14.2 Å². The minimum absolute atomic E-state index is 0.0204. The first-order valence-corrected chi connectivity index (χ1v) is 11.7. The van der Waals surface area contributed by atoms with Gasteiger partial charge in [-0.25, -0.2) is 8.78 Å². The highest BCUT2D eigenvalue weighted by atomic mass is 19.1. The average Bonchev–Trinajstić information content (AvgIpc) is 3.29. The fourth-order valence-electron chi connectivity index (χ4n) is 3.96. The summed E-state index contributed by atoms with van der Waals surface area (Å²) in [6.07, 6.45) is 3.05. The molecule has 0 aliphatic rings. The molecule has 5 rings (SSSR count). The summed E-state index contributed by atoms with van der Waals surface area (Å²) in [5.74, 6) is -0.0884. The van der Waals surface area contributed by atoms with E-state index in [1.54, 1.807) is 43.6 Å². The lowest BCUT2D eigenvalue weighted by Crippen LogP contribution is -2.13. The van der Waals surface area contributed by atoms with Gasteiger partial charge in [0.25, 0.3) is 5.91 Å². The number of carbonyl (C=O) groups excluding carboxylic acids is 1. The van der Waals surface area contributed by atoms with Crippen molar-refractivity contribution in [3.63, 3.8) is 0 Å². The van der Waals surface area contributed by atoms with Crippen molar-refractivity contribution in [1.82, 2.24) is 14.8 Å². The number of carbonyl (C=O) groups is 1. The molecule has 5 aromatic rings. The highest BCUT2D eigenvalue weighted by Crippen LogP contribution is 2.37. The SMILES string of the molecule is COc1cc2nccc(Oc3ccc(Nc4nn(C)cc4C(=O)Nc4cccc(F)c4)cc3F)c2cc1OC. The third-order valence-electron chi connectivity index (χ3n) is 5.78. The maximum absolute atomic E-state index is 15.1. The highest BCUT2D eigenvalue weighted by Gasteiger charge is 2.18. The summed E-state index contributed by atoms with van der Waals surface area (Å²) in [5.41, 5.74) is 1.41. The van der Waals surface area contributed by atoms with E-state index < -0.39 is 17.5 Å². The number of aryl methyl sites for hydroxylation is 1. The number of anilines is 3. The molecule has 2 N–H and O–H groups in total. The molecule has 39 heavy (non-hydrogen) atoms. The number of halogens is 2. The number of benzene rings is 3. The number of fused-ring (bicyclic) bond motifs is 1. The van der Waals surface area contributed by atoms with Crippen LogP contribution >= 0.6 is 0 Å². The number of hydrogen-bond donors (Lipinski definition) is 2. The molecule has 0 unspecified atom stereocenters. The molecule has 0 saturated heterocycles. The standard InChI is InChI=1S/C28H23F2N5O4/c1-35-15-20(28(36)33-17-6-4-5-16(29)11-17)27(34-35)32-18-7-8-24(21(30)12-18)39-23-9-10-31-22-14-26(38-3)25(37-2)13-19(22)23/h4-15H,1-3H3,(H,32,34)(H,33,36). The molecule has 2 heterocycles. The normalized spacial score (nSPS) is 10.8. The Hall–Kier alpha value is -5.19. The molecule has 198 valence electrons. The summed E-state index contributed by atoms with van der Waals surface area (Å²) < 4.78 is 46.6. The van der Waals surface area contributed by atoms with Crippen LogP contribution in [0.1, 0.15) is 10.4 Å². The number of pyridine rings is 1. The van der Waals surface area contributed by atoms with Gasteiger partial charge in [-0.2, -0.15) is 5.10 Å². The molecule has 0 bridgehead atoms. The summed E-state index contributed by atoms with van der Waals surface area (Å²) in [7, 11) is 4.69. The Morgan fingerprint density at radius 2 is 1.69 bits per heavy atom. The summed E-state index contributed by atoms with van der Waals surface area (Å²) >= 11 is 0. The Morgan fingerprint density at radius 3 is 2.44 bits per heavy atom. The van der Waals surface area contributed by atoms with Gasteiger partial charge in [0.15, 0.2) is 28.9 Å². The van der Waals surface area contributed by atoms with E-state index in [0.29, 0.717) is 39.5 Å². The van der Waals surface area contributed by atoms with Crippen molar-refractivity contribution in [2.45, 2.75) is 0 Å². The topological polar surface area (TPSA) is 99.5 Å². The maximum Gasteiger partial charge on any atom is 0.261 e. The quantitative estimate of drug-likeness (QED) is 0.251. The number of rotatable bonds is 8.